The fraction of sp³-hybridized carbons (Fsp3) is 0.538. The molecular formula is C13H20N8O3S. The number of hydrazine groups is 1. The van der Waals surface area contributed by atoms with Crippen molar-refractivity contribution >= 4 is 23.4 Å². The van der Waals surface area contributed by atoms with Gasteiger partial charge in [-0.25, -0.2) is 5.84 Å². The molecule has 0 unspecified atom stereocenters. The van der Waals surface area contributed by atoms with Gasteiger partial charge in [-0.1, -0.05) is 11.8 Å². The summed E-state index contributed by atoms with van der Waals surface area (Å²) in [4.78, 5) is 21.9. The fourth-order valence-electron chi connectivity index (χ4n) is 2.48. The number of nitrogens with two attached hydrogens (primary N) is 1. The van der Waals surface area contributed by atoms with Gasteiger partial charge in [-0.15, -0.1) is 10.2 Å². The first-order chi connectivity index (χ1) is 11.9. The van der Waals surface area contributed by atoms with Gasteiger partial charge in [0.2, 0.25) is 5.91 Å². The number of hydrogen-bond donors (Lipinski definition) is 2. The standard InChI is InChI=1S/C13H20N8O3S/c1-4-19-10(16-17-13(19)25-7-11(22)15-14)5-6-20-9(3)12(21(23)24)8(2)18-20/h4-7,14H2,1-3H3,(H,15,22). The van der Waals surface area contributed by atoms with E-state index in [2.05, 4.69) is 20.7 Å². The molecule has 0 saturated carbocycles. The third-order valence-corrected chi connectivity index (χ3v) is 4.64. The first-order valence-corrected chi connectivity index (χ1v) is 8.60. The monoisotopic (exact) mass is 368 g/mol. The van der Waals surface area contributed by atoms with Crippen molar-refractivity contribution < 1.29 is 9.72 Å². The molecule has 0 bridgehead atoms. The van der Waals surface area contributed by atoms with Crippen molar-refractivity contribution in [2.75, 3.05) is 5.75 Å². The number of aryl methyl sites for hydroxylation is 3. The van der Waals surface area contributed by atoms with E-state index in [1.54, 1.807) is 18.5 Å². The zero-order valence-electron chi connectivity index (χ0n) is 14.2. The number of aromatic nitrogens is 5. The van der Waals surface area contributed by atoms with E-state index in [0.717, 1.165) is 5.82 Å². The molecule has 0 aliphatic carbocycles. The second-order valence-corrected chi connectivity index (χ2v) is 6.19. The van der Waals surface area contributed by atoms with Crippen LogP contribution in [0.25, 0.3) is 0 Å². The SMILES string of the molecule is CCn1c(CCn2nc(C)c([N+](=O)[O-])c2C)nnc1SCC(=O)NN. The molecule has 12 heteroatoms. The minimum atomic E-state index is -0.417. The number of carbonyl (C=O) groups excluding carboxylic acids is 1. The Morgan fingerprint density at radius 2 is 2.12 bits per heavy atom. The van der Waals surface area contributed by atoms with Crippen LogP contribution in [0.3, 0.4) is 0 Å². The maximum atomic E-state index is 11.2. The molecule has 0 aromatic carbocycles. The molecular weight excluding hydrogens is 348 g/mol. The summed E-state index contributed by atoms with van der Waals surface area (Å²) in [6, 6.07) is 0. The van der Waals surface area contributed by atoms with Gasteiger partial charge in [0.25, 0.3) is 0 Å². The molecule has 11 nitrogen and oxygen atoms in total. The zero-order valence-corrected chi connectivity index (χ0v) is 15.0. The average Bonchev–Trinajstić information content (AvgIpc) is 3.10. The zero-order chi connectivity index (χ0) is 18.6. The molecule has 0 radical (unpaired) electrons. The molecule has 0 aliphatic heterocycles. The van der Waals surface area contributed by atoms with E-state index in [-0.39, 0.29) is 17.3 Å². The van der Waals surface area contributed by atoms with E-state index in [9.17, 15) is 14.9 Å². The van der Waals surface area contributed by atoms with Gasteiger partial charge in [-0.2, -0.15) is 5.10 Å². The topological polar surface area (TPSA) is 147 Å². The second-order valence-electron chi connectivity index (χ2n) is 5.25. The third kappa shape index (κ3) is 4.14. The Hall–Kier alpha value is -2.47. The molecule has 2 aromatic heterocycles. The lowest BCUT2D eigenvalue weighted by Crippen LogP contribution is -2.31. The predicted molar refractivity (Wildman–Crippen MR) is 90.8 cm³/mol. The molecule has 0 aliphatic rings. The van der Waals surface area contributed by atoms with E-state index in [1.807, 2.05) is 11.5 Å². The lowest BCUT2D eigenvalue weighted by atomic mass is 10.3. The average molecular weight is 368 g/mol. The number of rotatable bonds is 8. The molecule has 2 heterocycles. The van der Waals surface area contributed by atoms with Crippen LogP contribution in [0, 0.1) is 24.0 Å². The Morgan fingerprint density at radius 1 is 1.40 bits per heavy atom. The first-order valence-electron chi connectivity index (χ1n) is 7.61. The quantitative estimate of drug-likeness (QED) is 0.223. The molecule has 0 saturated heterocycles. The van der Waals surface area contributed by atoms with Crippen LogP contribution < -0.4 is 11.3 Å². The third-order valence-electron chi connectivity index (χ3n) is 3.68. The van der Waals surface area contributed by atoms with Gasteiger partial charge in [0.15, 0.2) is 5.16 Å². The summed E-state index contributed by atoms with van der Waals surface area (Å²) in [5.74, 6) is 5.64. The molecule has 0 spiro atoms. The van der Waals surface area contributed by atoms with Crippen molar-refractivity contribution in [2.24, 2.45) is 5.84 Å². The Bertz CT molecular complexity index is 785. The van der Waals surface area contributed by atoms with E-state index in [4.69, 9.17) is 5.84 Å². The van der Waals surface area contributed by atoms with Crippen molar-refractivity contribution in [3.63, 3.8) is 0 Å². The first kappa shape index (κ1) is 18.9. The molecule has 1 amide bonds. The maximum Gasteiger partial charge on any atom is 0.312 e. The molecule has 2 rings (SSSR count). The van der Waals surface area contributed by atoms with Crippen LogP contribution >= 0.6 is 11.8 Å². The van der Waals surface area contributed by atoms with Crippen LogP contribution in [0.2, 0.25) is 0 Å². The van der Waals surface area contributed by atoms with Gasteiger partial charge in [0, 0.05) is 19.5 Å². The van der Waals surface area contributed by atoms with Gasteiger partial charge < -0.3 is 4.57 Å². The highest BCUT2D eigenvalue weighted by molar-refractivity contribution is 7.99. The van der Waals surface area contributed by atoms with E-state index in [0.29, 0.717) is 36.1 Å². The maximum absolute atomic E-state index is 11.2. The van der Waals surface area contributed by atoms with Crippen molar-refractivity contribution in [3.05, 3.63) is 27.3 Å². The summed E-state index contributed by atoms with van der Waals surface area (Å²) in [6.07, 6.45) is 0.517. The number of nitrogens with zero attached hydrogens (tertiary/aromatic N) is 6. The summed E-state index contributed by atoms with van der Waals surface area (Å²) in [5, 5.41) is 24.2. The summed E-state index contributed by atoms with van der Waals surface area (Å²) < 4.78 is 3.51. The van der Waals surface area contributed by atoms with Crippen molar-refractivity contribution in [1.82, 2.24) is 30.0 Å². The molecule has 136 valence electrons. The highest BCUT2D eigenvalue weighted by Crippen LogP contribution is 2.22. The minimum absolute atomic E-state index is 0.0426. The van der Waals surface area contributed by atoms with Gasteiger partial charge >= 0.3 is 5.69 Å². The lowest BCUT2D eigenvalue weighted by Gasteiger charge is -2.07. The van der Waals surface area contributed by atoms with Crippen LogP contribution in [-0.2, 0) is 24.3 Å². The summed E-state index contributed by atoms with van der Waals surface area (Å²) in [6.45, 7) is 6.34. The van der Waals surface area contributed by atoms with E-state index < -0.39 is 4.92 Å². The van der Waals surface area contributed by atoms with Crippen LogP contribution in [0.15, 0.2) is 5.16 Å². The predicted octanol–water partition coefficient (Wildman–Crippen LogP) is 0.344. The number of thioether (sulfide) groups is 1. The summed E-state index contributed by atoms with van der Waals surface area (Å²) in [5.41, 5.74) is 3.01. The highest BCUT2D eigenvalue weighted by atomic mass is 32.2. The molecule has 0 atom stereocenters. The van der Waals surface area contributed by atoms with Crippen LogP contribution in [0.4, 0.5) is 5.69 Å². The Labute approximate surface area is 148 Å². The Morgan fingerprint density at radius 3 is 2.68 bits per heavy atom. The number of amides is 1. The molecule has 3 N–H and O–H groups in total. The van der Waals surface area contributed by atoms with E-state index in [1.165, 1.54) is 11.8 Å². The Kier molecular flexibility index (Phi) is 6.09. The minimum Gasteiger partial charge on any atom is -0.306 e. The largest absolute Gasteiger partial charge is 0.312 e. The molecule has 25 heavy (non-hydrogen) atoms. The lowest BCUT2D eigenvalue weighted by molar-refractivity contribution is -0.386. The van der Waals surface area contributed by atoms with Crippen molar-refractivity contribution in [3.8, 4) is 0 Å². The smallest absolute Gasteiger partial charge is 0.306 e. The second kappa shape index (κ2) is 8.07. The van der Waals surface area contributed by atoms with Crippen LogP contribution in [0.5, 0.6) is 0 Å². The molecule has 0 fully saturated rings. The fourth-order valence-corrected chi connectivity index (χ4v) is 3.31. The van der Waals surface area contributed by atoms with Crippen LogP contribution in [-0.4, -0.2) is 41.1 Å². The number of hydrogen-bond acceptors (Lipinski definition) is 8. The number of nitro groups is 1. The van der Waals surface area contributed by atoms with Crippen LogP contribution in [0.1, 0.15) is 24.1 Å². The van der Waals surface area contributed by atoms with E-state index >= 15 is 0 Å². The van der Waals surface area contributed by atoms with Gasteiger partial charge in [0.1, 0.15) is 17.2 Å². The van der Waals surface area contributed by atoms with Crippen molar-refractivity contribution in [1.29, 1.82) is 0 Å². The summed E-state index contributed by atoms with van der Waals surface area (Å²) in [7, 11) is 0. The van der Waals surface area contributed by atoms with Crippen molar-refractivity contribution in [2.45, 2.75) is 45.4 Å². The Balaban J connectivity index is 2.11. The number of carbonyl (C=O) groups is 1. The normalized spacial score (nSPS) is 10.9. The van der Waals surface area contributed by atoms with Gasteiger partial charge in [0.05, 0.1) is 10.7 Å². The number of nitrogens with one attached hydrogen (secondary N) is 1. The molecule has 2 aromatic rings. The van der Waals surface area contributed by atoms with Gasteiger partial charge in [-0.3, -0.25) is 25.0 Å². The summed E-state index contributed by atoms with van der Waals surface area (Å²) >= 11 is 1.25. The van der Waals surface area contributed by atoms with Gasteiger partial charge in [-0.05, 0) is 20.8 Å². The highest BCUT2D eigenvalue weighted by Gasteiger charge is 2.22.